The number of rotatable bonds is 2. The van der Waals surface area contributed by atoms with Crippen molar-refractivity contribution in [1.29, 1.82) is 0 Å². The topological polar surface area (TPSA) is 17.1 Å². The van der Waals surface area contributed by atoms with Crippen LogP contribution in [0.25, 0.3) is 0 Å². The van der Waals surface area contributed by atoms with E-state index in [0.717, 1.165) is 12.1 Å². The van der Waals surface area contributed by atoms with E-state index >= 15 is 0 Å². The van der Waals surface area contributed by atoms with Crippen LogP contribution in [0, 0.1) is 0 Å². The fourth-order valence-corrected chi connectivity index (χ4v) is 1.34. The molecule has 0 N–H and O–H groups in total. The maximum Gasteiger partial charge on any atom is 0.416 e. The Morgan fingerprint density at radius 1 is 1.40 bits per heavy atom. The predicted molar refractivity (Wildman–Crippen MR) is 54.2 cm³/mol. The van der Waals surface area contributed by atoms with Gasteiger partial charge >= 0.3 is 6.18 Å². The second-order valence-electron chi connectivity index (χ2n) is 3.06. The first-order valence-corrected chi connectivity index (χ1v) is 5.09. The van der Waals surface area contributed by atoms with Crippen molar-refractivity contribution in [2.45, 2.75) is 17.9 Å². The SMILES string of the molecule is CC(Br)C(=O)c1cccc(C(F)(F)F)c1. The molecule has 0 amide bonds. The van der Waals surface area contributed by atoms with Crippen molar-refractivity contribution in [3.8, 4) is 0 Å². The summed E-state index contributed by atoms with van der Waals surface area (Å²) in [6.45, 7) is 1.57. The van der Waals surface area contributed by atoms with Gasteiger partial charge in [-0.2, -0.15) is 13.2 Å². The highest BCUT2D eigenvalue weighted by molar-refractivity contribution is 9.10. The number of hydrogen-bond acceptors (Lipinski definition) is 1. The van der Waals surface area contributed by atoms with E-state index in [4.69, 9.17) is 0 Å². The van der Waals surface area contributed by atoms with Crippen molar-refractivity contribution < 1.29 is 18.0 Å². The van der Waals surface area contributed by atoms with Crippen LogP contribution in [0.4, 0.5) is 13.2 Å². The van der Waals surface area contributed by atoms with Crippen molar-refractivity contribution in [3.63, 3.8) is 0 Å². The Morgan fingerprint density at radius 3 is 2.47 bits per heavy atom. The van der Waals surface area contributed by atoms with Crippen LogP contribution < -0.4 is 0 Å². The molecule has 0 saturated heterocycles. The van der Waals surface area contributed by atoms with E-state index in [2.05, 4.69) is 15.9 Å². The van der Waals surface area contributed by atoms with E-state index in [1.165, 1.54) is 12.1 Å². The number of hydrogen-bond donors (Lipinski definition) is 0. The number of halogens is 4. The Morgan fingerprint density at radius 2 is 2.00 bits per heavy atom. The van der Waals surface area contributed by atoms with E-state index in [1.807, 2.05) is 0 Å². The lowest BCUT2D eigenvalue weighted by molar-refractivity contribution is -0.137. The zero-order chi connectivity index (χ0) is 11.6. The van der Waals surface area contributed by atoms with Crippen molar-refractivity contribution in [3.05, 3.63) is 35.4 Å². The Labute approximate surface area is 93.4 Å². The van der Waals surface area contributed by atoms with Crippen LogP contribution in [0.1, 0.15) is 22.8 Å². The lowest BCUT2D eigenvalue weighted by Gasteiger charge is -2.08. The van der Waals surface area contributed by atoms with Gasteiger partial charge in [0.25, 0.3) is 0 Å². The van der Waals surface area contributed by atoms with Crippen molar-refractivity contribution >= 4 is 21.7 Å². The van der Waals surface area contributed by atoms with Gasteiger partial charge in [0.2, 0.25) is 0 Å². The third kappa shape index (κ3) is 3.06. The average Bonchev–Trinajstić information content (AvgIpc) is 2.15. The minimum atomic E-state index is -4.41. The molecule has 0 aromatic heterocycles. The molecule has 0 spiro atoms. The minimum Gasteiger partial charge on any atom is -0.293 e. The molecule has 1 aromatic carbocycles. The van der Waals surface area contributed by atoms with Crippen LogP contribution in [0.2, 0.25) is 0 Å². The van der Waals surface area contributed by atoms with Gasteiger partial charge in [-0.25, -0.2) is 0 Å². The molecule has 82 valence electrons. The Hall–Kier alpha value is -0.840. The Kier molecular flexibility index (Phi) is 3.54. The summed E-state index contributed by atoms with van der Waals surface area (Å²) in [5.74, 6) is -0.360. The van der Waals surface area contributed by atoms with Crippen LogP contribution in [-0.4, -0.2) is 10.6 Å². The second kappa shape index (κ2) is 4.35. The largest absolute Gasteiger partial charge is 0.416 e. The van der Waals surface area contributed by atoms with Crippen molar-refractivity contribution in [1.82, 2.24) is 0 Å². The fourth-order valence-electron chi connectivity index (χ4n) is 1.08. The van der Waals surface area contributed by atoms with E-state index in [-0.39, 0.29) is 11.3 Å². The normalized spacial score (nSPS) is 13.7. The van der Waals surface area contributed by atoms with E-state index in [1.54, 1.807) is 6.92 Å². The molecule has 0 heterocycles. The zero-order valence-corrected chi connectivity index (χ0v) is 9.39. The molecule has 1 nitrogen and oxygen atoms in total. The molecule has 1 atom stereocenters. The first kappa shape index (κ1) is 12.2. The smallest absolute Gasteiger partial charge is 0.293 e. The molecule has 15 heavy (non-hydrogen) atoms. The van der Waals surface area contributed by atoms with Gasteiger partial charge in [-0.1, -0.05) is 28.1 Å². The maximum atomic E-state index is 12.3. The molecule has 0 aliphatic heterocycles. The summed E-state index contributed by atoms with van der Waals surface area (Å²) in [6.07, 6.45) is -4.41. The molecule has 1 rings (SSSR count). The van der Waals surface area contributed by atoms with Crippen LogP contribution in [0.3, 0.4) is 0 Å². The monoisotopic (exact) mass is 280 g/mol. The first-order chi connectivity index (χ1) is 6.82. The molecule has 0 fully saturated rings. The third-order valence-corrected chi connectivity index (χ3v) is 2.25. The van der Waals surface area contributed by atoms with Gasteiger partial charge in [0.05, 0.1) is 10.4 Å². The van der Waals surface area contributed by atoms with Gasteiger partial charge < -0.3 is 0 Å². The number of ketones is 1. The zero-order valence-electron chi connectivity index (χ0n) is 7.81. The summed E-state index contributed by atoms with van der Waals surface area (Å²) >= 11 is 3.02. The van der Waals surface area contributed by atoms with Crippen LogP contribution in [-0.2, 0) is 6.18 Å². The van der Waals surface area contributed by atoms with Gasteiger partial charge in [0, 0.05) is 5.56 Å². The molecule has 1 unspecified atom stereocenters. The Bertz CT molecular complexity index is 371. The third-order valence-electron chi connectivity index (χ3n) is 1.84. The van der Waals surface area contributed by atoms with Gasteiger partial charge in [0.1, 0.15) is 0 Å². The van der Waals surface area contributed by atoms with Gasteiger partial charge in [-0.15, -0.1) is 0 Å². The van der Waals surface area contributed by atoms with Gasteiger partial charge in [-0.05, 0) is 19.1 Å². The van der Waals surface area contributed by atoms with Crippen molar-refractivity contribution in [2.24, 2.45) is 0 Å². The number of carbonyl (C=O) groups is 1. The van der Waals surface area contributed by atoms with E-state index in [9.17, 15) is 18.0 Å². The lowest BCUT2D eigenvalue weighted by atomic mass is 10.1. The molecule has 0 bridgehead atoms. The maximum absolute atomic E-state index is 12.3. The average molecular weight is 281 g/mol. The molecule has 0 aliphatic carbocycles. The summed E-state index contributed by atoms with van der Waals surface area (Å²) < 4.78 is 36.9. The minimum absolute atomic E-state index is 0.0641. The summed E-state index contributed by atoms with van der Waals surface area (Å²) in [4.78, 5) is 10.9. The van der Waals surface area contributed by atoms with Crippen LogP contribution in [0.15, 0.2) is 24.3 Å². The summed E-state index contributed by atoms with van der Waals surface area (Å²) in [7, 11) is 0. The highest BCUT2D eigenvalue weighted by Crippen LogP contribution is 2.29. The molecule has 5 heteroatoms. The fraction of sp³-hybridized carbons (Fsp3) is 0.300. The quantitative estimate of drug-likeness (QED) is 0.597. The molecule has 0 radical (unpaired) electrons. The molecular formula is C10H8BrF3O. The van der Waals surface area contributed by atoms with Crippen molar-refractivity contribution in [2.75, 3.05) is 0 Å². The summed E-state index contributed by atoms with van der Waals surface area (Å²) in [5, 5.41) is 0. The number of alkyl halides is 4. The Balaban J connectivity index is 3.09. The van der Waals surface area contributed by atoms with Crippen LogP contribution >= 0.6 is 15.9 Å². The van der Waals surface area contributed by atoms with Crippen LogP contribution in [0.5, 0.6) is 0 Å². The van der Waals surface area contributed by atoms with E-state index in [0.29, 0.717) is 0 Å². The number of carbonyl (C=O) groups excluding carboxylic acids is 1. The lowest BCUT2D eigenvalue weighted by Crippen LogP contribution is -2.12. The molecule has 0 aliphatic rings. The standard InChI is InChI=1S/C10H8BrF3O/c1-6(11)9(15)7-3-2-4-8(5-7)10(12,13)14/h2-6H,1H3. The highest BCUT2D eigenvalue weighted by atomic mass is 79.9. The first-order valence-electron chi connectivity index (χ1n) is 4.18. The summed E-state index contributed by atoms with van der Waals surface area (Å²) in [6, 6.07) is 4.40. The number of Topliss-reactive ketones (excluding diaryl/α,β-unsaturated/α-hetero) is 1. The second-order valence-corrected chi connectivity index (χ2v) is 4.43. The van der Waals surface area contributed by atoms with E-state index < -0.39 is 16.6 Å². The highest BCUT2D eigenvalue weighted by Gasteiger charge is 2.31. The predicted octanol–water partition coefficient (Wildman–Crippen LogP) is 3.67. The summed E-state index contributed by atoms with van der Waals surface area (Å²) in [5.41, 5.74) is -0.740. The molecule has 1 aromatic rings. The van der Waals surface area contributed by atoms with Gasteiger partial charge in [0.15, 0.2) is 5.78 Å². The van der Waals surface area contributed by atoms with Gasteiger partial charge in [-0.3, -0.25) is 4.79 Å². The molecule has 0 saturated carbocycles. The molecular weight excluding hydrogens is 273 g/mol. The number of benzene rings is 1.